The Kier molecular flexibility index (Phi) is 3.36. The van der Waals surface area contributed by atoms with E-state index in [-0.39, 0.29) is 0 Å². The van der Waals surface area contributed by atoms with Gasteiger partial charge in [0.15, 0.2) is 9.84 Å². The molecule has 0 heterocycles. The molecule has 0 spiro atoms. The molecule has 5 heteroatoms. The maximum absolute atomic E-state index is 11.2. The number of rotatable bonds is 3. The van der Waals surface area contributed by atoms with Crippen LogP contribution in [-0.4, -0.2) is 25.0 Å². The van der Waals surface area contributed by atoms with Crippen molar-refractivity contribution in [1.82, 2.24) is 0 Å². The fourth-order valence-corrected chi connectivity index (χ4v) is 1.87. The van der Waals surface area contributed by atoms with E-state index in [4.69, 9.17) is 5.73 Å². The fourth-order valence-electron chi connectivity index (χ4n) is 1.25. The molecule has 0 saturated carbocycles. The summed E-state index contributed by atoms with van der Waals surface area (Å²) in [7, 11) is -3.25. The first-order valence-electron chi connectivity index (χ1n) is 4.54. The molecular formula is C10H15NO3S. The summed E-state index contributed by atoms with van der Waals surface area (Å²) < 4.78 is 22.5. The SMILES string of the molecule is C[C@H]([C@@H](O)c1cccc(N)c1)S(C)(=O)=O. The first-order valence-corrected chi connectivity index (χ1v) is 6.50. The second-order valence-corrected chi connectivity index (χ2v) is 6.05. The fraction of sp³-hybridized carbons (Fsp3) is 0.400. The van der Waals surface area contributed by atoms with Crippen LogP contribution in [0.5, 0.6) is 0 Å². The average Bonchev–Trinajstić information content (AvgIpc) is 2.14. The molecule has 0 aromatic heterocycles. The maximum atomic E-state index is 11.2. The predicted molar refractivity (Wildman–Crippen MR) is 60.1 cm³/mol. The van der Waals surface area contributed by atoms with Gasteiger partial charge >= 0.3 is 0 Å². The number of nitrogen functional groups attached to an aromatic ring is 1. The Hall–Kier alpha value is -1.07. The molecule has 1 aromatic carbocycles. The van der Waals surface area contributed by atoms with Crippen LogP contribution in [0.2, 0.25) is 0 Å². The van der Waals surface area contributed by atoms with Crippen molar-refractivity contribution < 1.29 is 13.5 Å². The van der Waals surface area contributed by atoms with Crippen molar-refractivity contribution in [1.29, 1.82) is 0 Å². The molecule has 2 atom stereocenters. The molecule has 0 radical (unpaired) electrons. The molecule has 15 heavy (non-hydrogen) atoms. The molecule has 0 aliphatic carbocycles. The Morgan fingerprint density at radius 2 is 2.00 bits per heavy atom. The van der Waals surface area contributed by atoms with E-state index >= 15 is 0 Å². The number of aliphatic hydroxyl groups excluding tert-OH is 1. The summed E-state index contributed by atoms with van der Waals surface area (Å²) in [6, 6.07) is 6.60. The number of benzene rings is 1. The van der Waals surface area contributed by atoms with Gasteiger partial charge in [0, 0.05) is 11.9 Å². The van der Waals surface area contributed by atoms with Crippen molar-refractivity contribution in [3.05, 3.63) is 29.8 Å². The Morgan fingerprint density at radius 1 is 1.40 bits per heavy atom. The molecule has 0 amide bonds. The van der Waals surface area contributed by atoms with Gasteiger partial charge in [0.2, 0.25) is 0 Å². The number of anilines is 1. The van der Waals surface area contributed by atoms with E-state index in [1.54, 1.807) is 24.3 Å². The third kappa shape index (κ3) is 2.94. The predicted octanol–water partition coefficient (Wildman–Crippen LogP) is 0.735. The van der Waals surface area contributed by atoms with Gasteiger partial charge in [-0.25, -0.2) is 8.42 Å². The molecule has 0 aliphatic rings. The second-order valence-electron chi connectivity index (χ2n) is 3.65. The molecule has 84 valence electrons. The van der Waals surface area contributed by atoms with Crippen LogP contribution in [0.15, 0.2) is 24.3 Å². The molecule has 0 unspecified atom stereocenters. The van der Waals surface area contributed by atoms with Crippen molar-refractivity contribution in [2.75, 3.05) is 12.0 Å². The first-order chi connectivity index (χ1) is 6.82. The number of aliphatic hydroxyl groups is 1. The van der Waals surface area contributed by atoms with Crippen molar-refractivity contribution in [2.45, 2.75) is 18.3 Å². The highest BCUT2D eigenvalue weighted by molar-refractivity contribution is 7.91. The Balaban J connectivity index is 3.00. The summed E-state index contributed by atoms with van der Waals surface area (Å²) in [4.78, 5) is 0. The Morgan fingerprint density at radius 3 is 2.47 bits per heavy atom. The van der Waals surface area contributed by atoms with Crippen LogP contribution in [0.1, 0.15) is 18.6 Å². The van der Waals surface area contributed by atoms with Crippen molar-refractivity contribution >= 4 is 15.5 Å². The minimum atomic E-state index is -3.25. The topological polar surface area (TPSA) is 80.4 Å². The summed E-state index contributed by atoms with van der Waals surface area (Å²) in [6.07, 6.45) is 0.0659. The van der Waals surface area contributed by atoms with Gasteiger partial charge in [-0.1, -0.05) is 12.1 Å². The molecule has 1 rings (SSSR count). The molecule has 3 N–H and O–H groups in total. The lowest BCUT2D eigenvalue weighted by molar-refractivity contribution is 0.176. The Bertz CT molecular complexity index is 442. The highest BCUT2D eigenvalue weighted by Crippen LogP contribution is 2.22. The van der Waals surface area contributed by atoms with Crippen LogP contribution < -0.4 is 5.73 Å². The van der Waals surface area contributed by atoms with Gasteiger partial charge in [-0.15, -0.1) is 0 Å². The quantitative estimate of drug-likeness (QED) is 0.749. The zero-order valence-electron chi connectivity index (χ0n) is 8.71. The van der Waals surface area contributed by atoms with Gasteiger partial charge in [-0.3, -0.25) is 0 Å². The lowest BCUT2D eigenvalue weighted by atomic mass is 10.1. The largest absolute Gasteiger partial charge is 0.399 e. The van der Waals surface area contributed by atoms with Crippen LogP contribution >= 0.6 is 0 Å². The van der Waals surface area contributed by atoms with E-state index in [2.05, 4.69) is 0 Å². The van der Waals surface area contributed by atoms with Gasteiger partial charge in [-0.05, 0) is 24.6 Å². The van der Waals surface area contributed by atoms with Crippen LogP contribution in [0.4, 0.5) is 5.69 Å². The van der Waals surface area contributed by atoms with Gasteiger partial charge in [0.05, 0.1) is 11.4 Å². The third-order valence-electron chi connectivity index (χ3n) is 2.37. The van der Waals surface area contributed by atoms with Crippen molar-refractivity contribution in [3.63, 3.8) is 0 Å². The maximum Gasteiger partial charge on any atom is 0.152 e. The lowest BCUT2D eigenvalue weighted by Crippen LogP contribution is -2.24. The van der Waals surface area contributed by atoms with Crippen LogP contribution in [0.3, 0.4) is 0 Å². The first kappa shape index (κ1) is 12.0. The summed E-state index contributed by atoms with van der Waals surface area (Å²) in [5, 5.41) is 8.98. The Labute approximate surface area is 89.7 Å². The molecule has 0 saturated heterocycles. The molecule has 0 fully saturated rings. The zero-order valence-corrected chi connectivity index (χ0v) is 9.53. The third-order valence-corrected chi connectivity index (χ3v) is 3.98. The highest BCUT2D eigenvalue weighted by Gasteiger charge is 2.25. The second kappa shape index (κ2) is 4.20. The monoisotopic (exact) mass is 229 g/mol. The number of hydrogen-bond donors (Lipinski definition) is 2. The smallest absolute Gasteiger partial charge is 0.152 e. The molecule has 0 aliphatic heterocycles. The number of sulfone groups is 1. The van der Waals surface area contributed by atoms with E-state index in [1.165, 1.54) is 6.92 Å². The molecule has 4 nitrogen and oxygen atoms in total. The molecular weight excluding hydrogens is 214 g/mol. The number of nitrogens with two attached hydrogens (primary N) is 1. The minimum absolute atomic E-state index is 0.507. The van der Waals surface area contributed by atoms with Crippen molar-refractivity contribution in [2.24, 2.45) is 0 Å². The van der Waals surface area contributed by atoms with Crippen LogP contribution in [0.25, 0.3) is 0 Å². The minimum Gasteiger partial charge on any atom is -0.399 e. The lowest BCUT2D eigenvalue weighted by Gasteiger charge is -2.17. The summed E-state index contributed by atoms with van der Waals surface area (Å²) in [5.74, 6) is 0. The van der Waals surface area contributed by atoms with Gasteiger partial charge in [0.1, 0.15) is 0 Å². The van der Waals surface area contributed by atoms with Crippen molar-refractivity contribution in [3.8, 4) is 0 Å². The summed E-state index contributed by atoms with van der Waals surface area (Å²) in [5.41, 5.74) is 6.57. The van der Waals surface area contributed by atoms with E-state index in [1.807, 2.05) is 0 Å². The molecule has 1 aromatic rings. The van der Waals surface area contributed by atoms with E-state index in [9.17, 15) is 13.5 Å². The molecule has 0 bridgehead atoms. The normalized spacial score (nSPS) is 15.9. The highest BCUT2D eigenvalue weighted by atomic mass is 32.2. The van der Waals surface area contributed by atoms with E-state index < -0.39 is 21.2 Å². The van der Waals surface area contributed by atoms with E-state index in [0.29, 0.717) is 11.3 Å². The van der Waals surface area contributed by atoms with Gasteiger partial charge in [0.25, 0.3) is 0 Å². The van der Waals surface area contributed by atoms with Gasteiger partial charge < -0.3 is 10.8 Å². The summed E-state index contributed by atoms with van der Waals surface area (Å²) >= 11 is 0. The van der Waals surface area contributed by atoms with Gasteiger partial charge in [-0.2, -0.15) is 0 Å². The zero-order chi connectivity index (χ0) is 11.6. The van der Waals surface area contributed by atoms with Crippen LogP contribution in [-0.2, 0) is 9.84 Å². The van der Waals surface area contributed by atoms with Crippen LogP contribution in [0, 0.1) is 0 Å². The standard InChI is InChI=1S/C10H15NO3S/c1-7(15(2,13)14)10(12)8-4-3-5-9(11)6-8/h3-7,10,12H,11H2,1-2H3/t7-,10-/m1/s1. The summed E-state index contributed by atoms with van der Waals surface area (Å²) in [6.45, 7) is 1.48. The average molecular weight is 229 g/mol. The van der Waals surface area contributed by atoms with E-state index in [0.717, 1.165) is 6.26 Å². The number of hydrogen-bond acceptors (Lipinski definition) is 4.